The van der Waals surface area contributed by atoms with Gasteiger partial charge in [0, 0.05) is 5.56 Å². The Morgan fingerprint density at radius 3 is 2.67 bits per heavy atom. The fraction of sp³-hybridized carbons (Fsp3) is 0.524. The number of fused-ring (bicyclic) bond motifs is 1. The lowest BCUT2D eigenvalue weighted by Crippen LogP contribution is -2.58. The van der Waals surface area contributed by atoms with Crippen molar-refractivity contribution in [2.24, 2.45) is 11.8 Å². The number of halogens is 1. The summed E-state index contributed by atoms with van der Waals surface area (Å²) in [5, 5.41) is 13.6. The van der Waals surface area contributed by atoms with E-state index in [1.165, 1.54) is 6.42 Å². The Morgan fingerprint density at radius 2 is 1.87 bits per heavy atom. The van der Waals surface area contributed by atoms with Gasteiger partial charge in [0.15, 0.2) is 11.5 Å². The summed E-state index contributed by atoms with van der Waals surface area (Å²) in [6, 6.07) is 5.75. The van der Waals surface area contributed by atoms with E-state index in [1.54, 1.807) is 0 Å². The Labute approximate surface area is 181 Å². The van der Waals surface area contributed by atoms with E-state index < -0.39 is 0 Å². The molecular formula is C21H20BrN5O3. The molecule has 4 bridgehead atoms. The summed E-state index contributed by atoms with van der Waals surface area (Å²) in [5.74, 6) is 4.10. The van der Waals surface area contributed by atoms with Gasteiger partial charge in [-0.25, -0.2) is 9.67 Å². The van der Waals surface area contributed by atoms with Gasteiger partial charge in [0.05, 0.1) is 11.0 Å². The van der Waals surface area contributed by atoms with E-state index in [-0.39, 0.29) is 17.7 Å². The second-order valence-corrected chi connectivity index (χ2v) is 10.1. The van der Waals surface area contributed by atoms with E-state index in [1.807, 2.05) is 24.5 Å². The maximum absolute atomic E-state index is 6.33. The summed E-state index contributed by atoms with van der Waals surface area (Å²) in [5.41, 5.74) is 0.776. The molecule has 2 atom stereocenters. The van der Waals surface area contributed by atoms with Crippen molar-refractivity contribution in [2.75, 3.05) is 6.79 Å². The van der Waals surface area contributed by atoms with Crippen LogP contribution in [-0.2, 0) is 11.0 Å². The highest BCUT2D eigenvalue weighted by molar-refractivity contribution is 9.10. The molecule has 8 nitrogen and oxygen atoms in total. The van der Waals surface area contributed by atoms with Crippen molar-refractivity contribution in [3.63, 3.8) is 0 Å². The monoisotopic (exact) mass is 469 g/mol. The van der Waals surface area contributed by atoms with Gasteiger partial charge in [-0.2, -0.15) is 0 Å². The second kappa shape index (κ2) is 5.84. The van der Waals surface area contributed by atoms with Crippen LogP contribution >= 0.6 is 15.9 Å². The van der Waals surface area contributed by atoms with Crippen LogP contribution < -0.4 is 9.47 Å². The van der Waals surface area contributed by atoms with Gasteiger partial charge < -0.3 is 13.9 Å². The largest absolute Gasteiger partial charge is 0.454 e. The third-order valence-corrected chi connectivity index (χ3v) is 7.84. The van der Waals surface area contributed by atoms with Crippen LogP contribution in [0.25, 0.3) is 11.5 Å². The normalized spacial score (nSPS) is 33.4. The number of benzene rings is 1. The van der Waals surface area contributed by atoms with Crippen molar-refractivity contribution in [1.29, 1.82) is 0 Å². The molecule has 5 aliphatic rings. The zero-order valence-corrected chi connectivity index (χ0v) is 17.8. The van der Waals surface area contributed by atoms with Gasteiger partial charge in [-0.3, -0.25) is 0 Å². The van der Waals surface area contributed by atoms with Gasteiger partial charge in [0.2, 0.25) is 23.3 Å². The average Bonchev–Trinajstić information content (AvgIpc) is 3.47. The van der Waals surface area contributed by atoms with Gasteiger partial charge in [0.25, 0.3) is 0 Å². The molecule has 0 saturated heterocycles. The summed E-state index contributed by atoms with van der Waals surface area (Å²) < 4.78 is 20.0. The highest BCUT2D eigenvalue weighted by Gasteiger charge is 2.61. The lowest BCUT2D eigenvalue weighted by Gasteiger charge is -2.60. The highest BCUT2D eigenvalue weighted by atomic mass is 79.9. The van der Waals surface area contributed by atoms with Crippen molar-refractivity contribution < 1.29 is 13.9 Å². The molecule has 2 unspecified atom stereocenters. The molecule has 3 aromatic rings. The van der Waals surface area contributed by atoms with E-state index >= 15 is 0 Å². The van der Waals surface area contributed by atoms with Gasteiger partial charge in [-0.15, -0.1) is 15.3 Å². The predicted molar refractivity (Wildman–Crippen MR) is 108 cm³/mol. The van der Waals surface area contributed by atoms with E-state index in [0.29, 0.717) is 22.5 Å². The van der Waals surface area contributed by atoms with Crippen molar-refractivity contribution >= 4 is 15.9 Å². The first kappa shape index (κ1) is 17.3. The van der Waals surface area contributed by atoms with Gasteiger partial charge >= 0.3 is 0 Å². The molecule has 4 aliphatic carbocycles. The first-order valence-corrected chi connectivity index (χ1v) is 11.2. The lowest BCUT2D eigenvalue weighted by molar-refractivity contribution is -0.0773. The first-order chi connectivity index (χ1) is 14.6. The van der Waals surface area contributed by atoms with Crippen molar-refractivity contribution in [3.05, 3.63) is 35.2 Å². The SMILES string of the molecule is Brc1ncn(C23CC4CC(CC(c5nnc(-c6ccc7c(c6)OCO7)o5)(C4)C2)C3)n1. The lowest BCUT2D eigenvalue weighted by atomic mass is 9.47. The number of nitrogens with zero attached hydrogens (tertiary/aromatic N) is 5. The van der Waals surface area contributed by atoms with Crippen LogP contribution in [0.3, 0.4) is 0 Å². The topological polar surface area (TPSA) is 88.1 Å². The molecular weight excluding hydrogens is 450 g/mol. The fourth-order valence-electron chi connectivity index (χ4n) is 6.79. The van der Waals surface area contributed by atoms with Gasteiger partial charge in [-0.1, -0.05) is 0 Å². The minimum Gasteiger partial charge on any atom is -0.454 e. The van der Waals surface area contributed by atoms with E-state index in [2.05, 4.69) is 40.9 Å². The smallest absolute Gasteiger partial charge is 0.247 e. The van der Waals surface area contributed by atoms with Gasteiger partial charge in [0.1, 0.15) is 6.33 Å². The first-order valence-electron chi connectivity index (χ1n) is 10.4. The quantitative estimate of drug-likeness (QED) is 0.570. The van der Waals surface area contributed by atoms with E-state index in [9.17, 15) is 0 Å². The molecule has 1 aliphatic heterocycles. The molecule has 0 radical (unpaired) electrons. The summed E-state index contributed by atoms with van der Waals surface area (Å²) in [7, 11) is 0. The van der Waals surface area contributed by atoms with Gasteiger partial charge in [-0.05, 0) is 84.5 Å². The Kier molecular flexibility index (Phi) is 3.36. The molecule has 4 fully saturated rings. The van der Waals surface area contributed by atoms with Crippen LogP contribution in [0.5, 0.6) is 11.5 Å². The van der Waals surface area contributed by atoms with Crippen LogP contribution in [-0.4, -0.2) is 31.8 Å². The zero-order valence-electron chi connectivity index (χ0n) is 16.3. The van der Waals surface area contributed by atoms with Crippen molar-refractivity contribution in [2.45, 2.75) is 49.5 Å². The molecule has 0 spiro atoms. The third kappa shape index (κ3) is 2.38. The van der Waals surface area contributed by atoms with Crippen LogP contribution in [0.4, 0.5) is 0 Å². The van der Waals surface area contributed by atoms with E-state index in [0.717, 1.165) is 55.1 Å². The Hall–Kier alpha value is -2.42. The number of hydrogen-bond acceptors (Lipinski definition) is 7. The van der Waals surface area contributed by atoms with Crippen molar-refractivity contribution in [1.82, 2.24) is 25.0 Å². The van der Waals surface area contributed by atoms with Crippen LogP contribution in [0.15, 0.2) is 33.7 Å². The minimum atomic E-state index is -0.0793. The molecule has 30 heavy (non-hydrogen) atoms. The average molecular weight is 470 g/mol. The summed E-state index contributed by atoms with van der Waals surface area (Å²) >= 11 is 3.42. The molecule has 2 aromatic heterocycles. The Bertz CT molecular complexity index is 1140. The molecule has 1 aromatic carbocycles. The summed E-state index contributed by atoms with van der Waals surface area (Å²) in [6.45, 7) is 0.250. The number of ether oxygens (including phenoxy) is 2. The van der Waals surface area contributed by atoms with Crippen molar-refractivity contribution in [3.8, 4) is 23.0 Å². The Morgan fingerprint density at radius 1 is 1.03 bits per heavy atom. The molecule has 0 N–H and O–H groups in total. The number of aromatic nitrogens is 5. The van der Waals surface area contributed by atoms with Crippen LogP contribution in [0.1, 0.15) is 44.4 Å². The molecule has 0 amide bonds. The fourth-order valence-corrected chi connectivity index (χ4v) is 7.05. The number of hydrogen-bond donors (Lipinski definition) is 0. The summed E-state index contributed by atoms with van der Waals surface area (Å²) in [6.07, 6.45) is 8.69. The van der Waals surface area contributed by atoms with Crippen LogP contribution in [0, 0.1) is 11.8 Å². The molecule has 4 saturated carbocycles. The highest BCUT2D eigenvalue weighted by Crippen LogP contribution is 2.64. The molecule has 154 valence electrons. The molecule has 3 heterocycles. The van der Waals surface area contributed by atoms with Crippen LogP contribution in [0.2, 0.25) is 0 Å². The summed E-state index contributed by atoms with van der Waals surface area (Å²) in [4.78, 5) is 4.34. The second-order valence-electron chi connectivity index (χ2n) is 9.40. The number of rotatable bonds is 3. The van der Waals surface area contributed by atoms with E-state index in [4.69, 9.17) is 13.9 Å². The Balaban J connectivity index is 1.27. The maximum atomic E-state index is 6.33. The molecule has 9 heteroatoms. The molecule has 8 rings (SSSR count). The third-order valence-electron chi connectivity index (χ3n) is 7.48. The standard InChI is InChI=1S/C21H20BrN5O3/c22-19-23-10-27(26-19)21-7-12-3-13(8-21)6-20(5-12,9-21)18-25-24-17(30-18)14-1-2-15-16(4-14)29-11-28-15/h1-2,4,10,12-13H,3,5-9,11H2. The maximum Gasteiger partial charge on any atom is 0.247 e. The predicted octanol–water partition coefficient (Wildman–Crippen LogP) is 4.07. The zero-order chi connectivity index (χ0) is 19.9. The minimum absolute atomic E-state index is 0.00349.